The maximum atomic E-state index is 8.52. The van der Waals surface area contributed by atoms with Gasteiger partial charge >= 0.3 is 0 Å². The van der Waals surface area contributed by atoms with E-state index in [4.69, 9.17) is 5.26 Å². The fourth-order valence-corrected chi connectivity index (χ4v) is 1.60. The first-order chi connectivity index (χ1) is 4.77. The minimum absolute atomic E-state index is 0.694. The Morgan fingerprint density at radius 2 is 1.90 bits per heavy atom. The Bertz CT molecular complexity index is 140. The van der Waals surface area contributed by atoms with Gasteiger partial charge in [-0.1, -0.05) is 0 Å². The van der Waals surface area contributed by atoms with Gasteiger partial charge in [-0.2, -0.15) is 5.26 Å². The third-order valence-electron chi connectivity index (χ3n) is 2.35. The number of piperidine rings is 1. The van der Waals surface area contributed by atoms with Gasteiger partial charge in [0, 0.05) is 0 Å². The predicted molar refractivity (Wildman–Crippen MR) is 40.2 cm³/mol. The van der Waals surface area contributed by atoms with Crippen molar-refractivity contribution >= 4 is 0 Å². The molecule has 1 saturated heterocycles. The van der Waals surface area contributed by atoms with E-state index in [9.17, 15) is 0 Å². The van der Waals surface area contributed by atoms with Crippen LogP contribution in [0, 0.1) is 11.3 Å². The van der Waals surface area contributed by atoms with Crippen molar-refractivity contribution in [1.82, 2.24) is 0 Å². The van der Waals surface area contributed by atoms with E-state index in [1.807, 2.05) is 0 Å². The van der Waals surface area contributed by atoms with Crippen LogP contribution in [-0.4, -0.2) is 31.2 Å². The molecule has 10 heavy (non-hydrogen) atoms. The van der Waals surface area contributed by atoms with Gasteiger partial charge in [0.2, 0.25) is 0 Å². The Morgan fingerprint density at radius 1 is 1.30 bits per heavy atom. The van der Waals surface area contributed by atoms with Gasteiger partial charge in [-0.25, -0.2) is 0 Å². The molecule has 0 amide bonds. The fraction of sp³-hybridized carbons (Fsp3) is 0.875. The molecule has 0 aromatic rings. The molecule has 0 bridgehead atoms. The van der Waals surface area contributed by atoms with Crippen molar-refractivity contribution in [1.29, 1.82) is 5.26 Å². The number of nitriles is 1. The van der Waals surface area contributed by atoms with Gasteiger partial charge in [-0.3, -0.25) is 0 Å². The summed E-state index contributed by atoms with van der Waals surface area (Å²) >= 11 is 0. The summed E-state index contributed by atoms with van der Waals surface area (Å²) in [5, 5.41) is 8.52. The minimum Gasteiger partial charge on any atom is -0.314 e. The van der Waals surface area contributed by atoms with Crippen molar-refractivity contribution < 1.29 is 4.48 Å². The topological polar surface area (TPSA) is 23.8 Å². The van der Waals surface area contributed by atoms with Gasteiger partial charge in [0.15, 0.2) is 6.54 Å². The van der Waals surface area contributed by atoms with Crippen LogP contribution in [0.15, 0.2) is 0 Å². The van der Waals surface area contributed by atoms with E-state index < -0.39 is 0 Å². The quantitative estimate of drug-likeness (QED) is 0.395. The van der Waals surface area contributed by atoms with Gasteiger partial charge in [0.05, 0.1) is 20.1 Å². The molecule has 56 valence electrons. The van der Waals surface area contributed by atoms with Crippen LogP contribution in [0.2, 0.25) is 0 Å². The summed E-state index contributed by atoms with van der Waals surface area (Å²) in [6.45, 7) is 3.10. The van der Waals surface area contributed by atoms with E-state index in [1.165, 1.54) is 32.4 Å². The molecule has 1 rings (SSSR count). The van der Waals surface area contributed by atoms with Gasteiger partial charge in [-0.05, 0) is 19.3 Å². The predicted octanol–water partition coefficient (Wildman–Crippen LogP) is 1.14. The highest BCUT2D eigenvalue weighted by Crippen LogP contribution is 2.14. The Kier molecular flexibility index (Phi) is 2.29. The van der Waals surface area contributed by atoms with Crippen molar-refractivity contribution in [2.75, 3.05) is 26.7 Å². The molecule has 2 nitrogen and oxygen atoms in total. The maximum absolute atomic E-state index is 8.52. The average molecular weight is 139 g/mol. The first-order valence-corrected chi connectivity index (χ1v) is 3.97. The van der Waals surface area contributed by atoms with Crippen LogP contribution in [0.4, 0.5) is 0 Å². The van der Waals surface area contributed by atoms with Gasteiger partial charge in [0.25, 0.3) is 0 Å². The molecular formula is C8H15N2+. The first kappa shape index (κ1) is 7.56. The lowest BCUT2D eigenvalue weighted by Gasteiger charge is -2.35. The van der Waals surface area contributed by atoms with Crippen LogP contribution in [0.1, 0.15) is 19.3 Å². The molecule has 2 heteroatoms. The number of hydrogen-bond acceptors (Lipinski definition) is 1. The normalized spacial score (nSPS) is 23.6. The first-order valence-electron chi connectivity index (χ1n) is 3.97. The third-order valence-corrected chi connectivity index (χ3v) is 2.35. The van der Waals surface area contributed by atoms with Gasteiger partial charge in [-0.15, -0.1) is 0 Å². The van der Waals surface area contributed by atoms with E-state index in [1.54, 1.807) is 0 Å². The number of rotatable bonds is 1. The van der Waals surface area contributed by atoms with E-state index >= 15 is 0 Å². The highest BCUT2D eigenvalue weighted by Gasteiger charge is 2.23. The third kappa shape index (κ3) is 1.71. The summed E-state index contributed by atoms with van der Waals surface area (Å²) in [6.07, 6.45) is 3.97. The Labute approximate surface area is 62.7 Å². The molecule has 1 aliphatic rings. The highest BCUT2D eigenvalue weighted by atomic mass is 15.3. The summed E-state index contributed by atoms with van der Waals surface area (Å²) in [7, 11) is 2.18. The molecule has 1 fully saturated rings. The Morgan fingerprint density at radius 3 is 2.40 bits per heavy atom. The molecule has 0 aromatic heterocycles. The fourth-order valence-electron chi connectivity index (χ4n) is 1.60. The maximum Gasteiger partial charge on any atom is 0.166 e. The number of hydrogen-bond donors (Lipinski definition) is 0. The molecule has 0 spiro atoms. The molecule has 1 heterocycles. The van der Waals surface area contributed by atoms with Crippen molar-refractivity contribution in [2.24, 2.45) is 0 Å². The molecule has 0 N–H and O–H groups in total. The summed E-state index contributed by atoms with van der Waals surface area (Å²) in [5.41, 5.74) is 0. The molecule has 1 aliphatic heterocycles. The van der Waals surface area contributed by atoms with Gasteiger partial charge < -0.3 is 4.48 Å². The van der Waals surface area contributed by atoms with Crippen molar-refractivity contribution in [3.63, 3.8) is 0 Å². The molecule has 0 aromatic carbocycles. The largest absolute Gasteiger partial charge is 0.314 e. The lowest BCUT2D eigenvalue weighted by molar-refractivity contribution is -0.907. The molecule has 0 radical (unpaired) electrons. The summed E-state index contributed by atoms with van der Waals surface area (Å²) in [6, 6.07) is 2.25. The van der Waals surface area contributed by atoms with E-state index in [0.29, 0.717) is 6.54 Å². The monoisotopic (exact) mass is 139 g/mol. The van der Waals surface area contributed by atoms with Crippen LogP contribution < -0.4 is 0 Å². The molecular weight excluding hydrogens is 124 g/mol. The zero-order valence-corrected chi connectivity index (χ0v) is 6.64. The number of quaternary nitrogens is 1. The second kappa shape index (κ2) is 3.03. The Balaban J connectivity index is 2.42. The van der Waals surface area contributed by atoms with Crippen LogP contribution in [0.3, 0.4) is 0 Å². The number of likely N-dealkylation sites (tertiary alicyclic amines) is 1. The standard InChI is InChI=1S/C8H15N2/c1-10(8-5-9)6-3-2-4-7-10/h2-4,6-8H2,1H3/q+1. The molecule has 0 unspecified atom stereocenters. The second-order valence-corrected chi connectivity index (χ2v) is 3.44. The van der Waals surface area contributed by atoms with E-state index in [2.05, 4.69) is 13.1 Å². The SMILES string of the molecule is C[N+]1(CC#N)CCCCC1. The molecule has 0 aliphatic carbocycles. The van der Waals surface area contributed by atoms with Crippen molar-refractivity contribution in [3.8, 4) is 6.07 Å². The molecule has 0 saturated carbocycles. The summed E-state index contributed by atoms with van der Waals surface area (Å²) < 4.78 is 0.983. The minimum atomic E-state index is 0.694. The zero-order chi connectivity index (χ0) is 7.45. The second-order valence-electron chi connectivity index (χ2n) is 3.44. The lowest BCUT2D eigenvalue weighted by atomic mass is 10.1. The summed E-state index contributed by atoms with van der Waals surface area (Å²) in [5.74, 6) is 0. The molecule has 0 atom stereocenters. The van der Waals surface area contributed by atoms with E-state index in [0.717, 1.165) is 4.48 Å². The zero-order valence-electron chi connectivity index (χ0n) is 6.64. The van der Waals surface area contributed by atoms with Crippen LogP contribution in [-0.2, 0) is 0 Å². The van der Waals surface area contributed by atoms with Crippen molar-refractivity contribution in [3.05, 3.63) is 0 Å². The van der Waals surface area contributed by atoms with Gasteiger partial charge in [0.1, 0.15) is 6.07 Å². The summed E-state index contributed by atoms with van der Waals surface area (Å²) in [4.78, 5) is 0. The highest BCUT2D eigenvalue weighted by molar-refractivity contribution is 4.69. The van der Waals surface area contributed by atoms with Crippen LogP contribution in [0.5, 0.6) is 0 Å². The van der Waals surface area contributed by atoms with Crippen LogP contribution in [0.25, 0.3) is 0 Å². The smallest absolute Gasteiger partial charge is 0.166 e. The van der Waals surface area contributed by atoms with Crippen LogP contribution >= 0.6 is 0 Å². The Hall–Kier alpha value is -0.550. The average Bonchev–Trinajstić information content (AvgIpc) is 1.89. The lowest BCUT2D eigenvalue weighted by Crippen LogP contribution is -2.47. The van der Waals surface area contributed by atoms with E-state index in [-0.39, 0.29) is 0 Å². The number of nitrogens with zero attached hydrogens (tertiary/aromatic N) is 2. The van der Waals surface area contributed by atoms with Crippen molar-refractivity contribution in [2.45, 2.75) is 19.3 Å².